The van der Waals surface area contributed by atoms with Gasteiger partial charge < -0.3 is 10.1 Å². The van der Waals surface area contributed by atoms with Gasteiger partial charge in [0.1, 0.15) is 12.4 Å². The van der Waals surface area contributed by atoms with Crippen LogP contribution in [-0.2, 0) is 6.61 Å². The highest BCUT2D eigenvalue weighted by atomic mass is 19.1. The summed E-state index contributed by atoms with van der Waals surface area (Å²) in [5.74, 6) is -0.221. The van der Waals surface area contributed by atoms with Crippen molar-refractivity contribution in [2.45, 2.75) is 13.5 Å². The van der Waals surface area contributed by atoms with Crippen LogP contribution in [0, 0.1) is 12.7 Å². The van der Waals surface area contributed by atoms with Crippen LogP contribution in [0.4, 0.5) is 10.1 Å². The van der Waals surface area contributed by atoms with Crippen molar-refractivity contribution in [2.75, 3.05) is 5.32 Å². The molecule has 0 aliphatic carbocycles. The third-order valence-corrected chi connectivity index (χ3v) is 3.74. The lowest BCUT2D eigenvalue weighted by Gasteiger charge is -2.09. The summed E-state index contributed by atoms with van der Waals surface area (Å²) in [5, 5.41) is 2.68. The Balaban J connectivity index is 1.60. The summed E-state index contributed by atoms with van der Waals surface area (Å²) in [6.45, 7) is 2.44. The van der Waals surface area contributed by atoms with Crippen molar-refractivity contribution in [3.63, 3.8) is 0 Å². The van der Waals surface area contributed by atoms with Gasteiger partial charge in [0.15, 0.2) is 0 Å². The van der Waals surface area contributed by atoms with Crippen molar-refractivity contribution in [1.82, 2.24) is 4.98 Å². The smallest absolute Gasteiger partial charge is 0.257 e. The molecule has 1 heterocycles. The van der Waals surface area contributed by atoms with Crippen LogP contribution in [0.5, 0.6) is 5.88 Å². The number of aryl methyl sites for hydroxylation is 1. The minimum absolute atomic E-state index is 0.315. The molecule has 0 aliphatic rings. The lowest BCUT2D eigenvalue weighted by molar-refractivity contribution is 0.102. The number of nitrogens with zero attached hydrogens (tertiary/aromatic N) is 1. The average molecular weight is 336 g/mol. The molecule has 3 aromatic rings. The maximum atomic E-state index is 12.9. The first kappa shape index (κ1) is 16.6. The molecule has 0 spiro atoms. The van der Waals surface area contributed by atoms with Crippen molar-refractivity contribution in [3.05, 3.63) is 89.4 Å². The molecule has 5 heteroatoms. The first-order chi connectivity index (χ1) is 12.1. The number of aromatic nitrogens is 1. The third kappa shape index (κ3) is 4.41. The lowest BCUT2D eigenvalue weighted by atomic mass is 10.1. The SMILES string of the molecule is Cc1ccccc1COc1ccc(C(=O)Nc2ccc(F)cc2)cn1. The molecule has 2 aromatic carbocycles. The van der Waals surface area contributed by atoms with E-state index < -0.39 is 0 Å². The van der Waals surface area contributed by atoms with Gasteiger partial charge in [-0.2, -0.15) is 0 Å². The first-order valence-electron chi connectivity index (χ1n) is 7.82. The molecular weight excluding hydrogens is 319 g/mol. The minimum Gasteiger partial charge on any atom is -0.473 e. The summed E-state index contributed by atoms with van der Waals surface area (Å²) in [4.78, 5) is 16.3. The molecule has 4 nitrogen and oxygen atoms in total. The van der Waals surface area contributed by atoms with Gasteiger partial charge in [-0.3, -0.25) is 4.79 Å². The van der Waals surface area contributed by atoms with Gasteiger partial charge in [0, 0.05) is 18.0 Å². The fraction of sp³-hybridized carbons (Fsp3) is 0.100. The van der Waals surface area contributed by atoms with Crippen molar-refractivity contribution in [2.24, 2.45) is 0 Å². The molecule has 0 unspecified atom stereocenters. The summed E-state index contributed by atoms with van der Waals surface area (Å²) < 4.78 is 18.5. The Morgan fingerprint density at radius 3 is 2.52 bits per heavy atom. The predicted molar refractivity (Wildman–Crippen MR) is 94.1 cm³/mol. The Morgan fingerprint density at radius 1 is 1.08 bits per heavy atom. The minimum atomic E-state index is -0.352. The number of ether oxygens (including phenoxy) is 1. The molecular formula is C20H17FN2O2. The van der Waals surface area contributed by atoms with Crippen LogP contribution in [0.1, 0.15) is 21.5 Å². The Morgan fingerprint density at radius 2 is 1.84 bits per heavy atom. The number of nitrogens with one attached hydrogen (secondary N) is 1. The van der Waals surface area contributed by atoms with Crippen molar-refractivity contribution in [1.29, 1.82) is 0 Å². The van der Waals surface area contributed by atoms with Gasteiger partial charge in [-0.05, 0) is 48.4 Å². The highest BCUT2D eigenvalue weighted by Crippen LogP contribution is 2.14. The molecule has 0 radical (unpaired) electrons. The number of carbonyl (C=O) groups excluding carboxylic acids is 1. The number of hydrogen-bond donors (Lipinski definition) is 1. The highest BCUT2D eigenvalue weighted by Gasteiger charge is 2.08. The molecule has 0 fully saturated rings. The molecule has 126 valence electrons. The Bertz CT molecular complexity index is 862. The van der Waals surface area contributed by atoms with Crippen LogP contribution < -0.4 is 10.1 Å². The van der Waals surface area contributed by atoms with Gasteiger partial charge in [-0.15, -0.1) is 0 Å². The van der Waals surface area contributed by atoms with Crippen LogP contribution in [0.3, 0.4) is 0 Å². The molecule has 0 atom stereocenters. The average Bonchev–Trinajstić information content (AvgIpc) is 2.63. The first-order valence-corrected chi connectivity index (χ1v) is 7.82. The van der Waals surface area contributed by atoms with Crippen LogP contribution in [0.15, 0.2) is 66.9 Å². The van der Waals surface area contributed by atoms with Crippen LogP contribution >= 0.6 is 0 Å². The number of hydrogen-bond acceptors (Lipinski definition) is 3. The summed E-state index contributed by atoms with van der Waals surface area (Å²) in [7, 11) is 0. The van der Waals surface area contributed by atoms with Gasteiger partial charge in [0.2, 0.25) is 5.88 Å². The summed E-state index contributed by atoms with van der Waals surface area (Å²) in [6, 6.07) is 16.8. The van der Waals surface area contributed by atoms with E-state index in [-0.39, 0.29) is 11.7 Å². The fourth-order valence-corrected chi connectivity index (χ4v) is 2.26. The molecule has 0 saturated heterocycles. The molecule has 1 amide bonds. The molecule has 0 saturated carbocycles. The standard InChI is InChI=1S/C20H17FN2O2/c1-14-4-2-3-5-16(14)13-25-19-11-6-15(12-22-19)20(24)23-18-9-7-17(21)8-10-18/h2-12H,13H2,1H3,(H,23,24). The highest BCUT2D eigenvalue weighted by molar-refractivity contribution is 6.04. The third-order valence-electron chi connectivity index (χ3n) is 3.74. The summed E-state index contributed by atoms with van der Waals surface area (Å²) >= 11 is 0. The second-order valence-electron chi connectivity index (χ2n) is 5.56. The van der Waals surface area contributed by atoms with E-state index in [0.717, 1.165) is 11.1 Å². The zero-order chi connectivity index (χ0) is 17.6. The lowest BCUT2D eigenvalue weighted by Crippen LogP contribution is -2.12. The number of benzene rings is 2. The number of anilines is 1. The molecule has 25 heavy (non-hydrogen) atoms. The van der Waals surface area contributed by atoms with Gasteiger partial charge in [-0.1, -0.05) is 24.3 Å². The predicted octanol–water partition coefficient (Wildman–Crippen LogP) is 4.36. The molecule has 0 aliphatic heterocycles. The largest absolute Gasteiger partial charge is 0.473 e. The fourth-order valence-electron chi connectivity index (χ4n) is 2.26. The van der Waals surface area contributed by atoms with E-state index in [4.69, 9.17) is 4.74 Å². The Labute approximate surface area is 145 Å². The Kier molecular flexibility index (Phi) is 5.04. The van der Waals surface area contributed by atoms with Gasteiger partial charge in [-0.25, -0.2) is 9.37 Å². The van der Waals surface area contributed by atoms with Crippen molar-refractivity contribution < 1.29 is 13.9 Å². The zero-order valence-corrected chi connectivity index (χ0v) is 13.7. The van der Waals surface area contributed by atoms with Crippen molar-refractivity contribution >= 4 is 11.6 Å². The van der Waals surface area contributed by atoms with E-state index in [1.807, 2.05) is 31.2 Å². The van der Waals surface area contributed by atoms with E-state index in [2.05, 4.69) is 10.3 Å². The second-order valence-corrected chi connectivity index (χ2v) is 5.56. The molecule has 0 bridgehead atoms. The van der Waals surface area contributed by atoms with Gasteiger partial charge in [0.25, 0.3) is 5.91 Å². The second kappa shape index (κ2) is 7.57. The number of rotatable bonds is 5. The molecule has 1 aromatic heterocycles. The zero-order valence-electron chi connectivity index (χ0n) is 13.7. The van der Waals surface area contributed by atoms with Gasteiger partial charge in [0.05, 0.1) is 5.56 Å². The number of amides is 1. The number of halogens is 1. The number of carbonyl (C=O) groups is 1. The normalized spacial score (nSPS) is 10.3. The maximum absolute atomic E-state index is 12.9. The van der Waals surface area contributed by atoms with E-state index in [9.17, 15) is 9.18 Å². The van der Waals surface area contributed by atoms with Crippen LogP contribution in [0.2, 0.25) is 0 Å². The molecule has 3 rings (SSSR count). The van der Waals surface area contributed by atoms with Crippen LogP contribution in [0.25, 0.3) is 0 Å². The van der Waals surface area contributed by atoms with Crippen LogP contribution in [-0.4, -0.2) is 10.9 Å². The molecule has 1 N–H and O–H groups in total. The van der Waals surface area contributed by atoms with Crippen molar-refractivity contribution in [3.8, 4) is 5.88 Å². The quantitative estimate of drug-likeness (QED) is 0.753. The van der Waals surface area contributed by atoms with E-state index in [0.29, 0.717) is 23.7 Å². The van der Waals surface area contributed by atoms with E-state index in [1.54, 1.807) is 12.1 Å². The topological polar surface area (TPSA) is 51.2 Å². The van der Waals surface area contributed by atoms with Gasteiger partial charge >= 0.3 is 0 Å². The monoisotopic (exact) mass is 336 g/mol. The summed E-state index contributed by atoms with van der Waals surface area (Å²) in [5.41, 5.74) is 3.15. The number of pyridine rings is 1. The summed E-state index contributed by atoms with van der Waals surface area (Å²) in [6.07, 6.45) is 1.45. The van der Waals surface area contributed by atoms with E-state index in [1.165, 1.54) is 30.5 Å². The maximum Gasteiger partial charge on any atom is 0.257 e. The van der Waals surface area contributed by atoms with E-state index >= 15 is 0 Å². The Hall–Kier alpha value is -3.21.